The molecular weight excluding hydrogens is 411 g/mol. The van der Waals surface area contributed by atoms with Crippen molar-refractivity contribution < 1.29 is 14.0 Å². The Morgan fingerprint density at radius 2 is 1.72 bits per heavy atom. The van der Waals surface area contributed by atoms with Crippen molar-refractivity contribution in [2.45, 2.75) is 11.8 Å². The van der Waals surface area contributed by atoms with E-state index < -0.39 is 5.82 Å². The van der Waals surface area contributed by atoms with Crippen molar-refractivity contribution in [2.24, 2.45) is 0 Å². The van der Waals surface area contributed by atoms with Gasteiger partial charge in [-0.05, 0) is 61.0 Å². The van der Waals surface area contributed by atoms with Crippen LogP contribution in [0, 0.1) is 12.7 Å². The first kappa shape index (κ1) is 20.9. The van der Waals surface area contributed by atoms with Gasteiger partial charge in [0.15, 0.2) is 0 Å². The van der Waals surface area contributed by atoms with Crippen molar-refractivity contribution in [3.05, 3.63) is 88.7 Å². The van der Waals surface area contributed by atoms with Gasteiger partial charge in [0, 0.05) is 21.2 Å². The third-order valence-corrected chi connectivity index (χ3v) is 5.54. The van der Waals surface area contributed by atoms with Gasteiger partial charge in [0.25, 0.3) is 5.91 Å². The smallest absolute Gasteiger partial charge is 0.255 e. The molecule has 148 valence electrons. The molecule has 0 bridgehead atoms. The van der Waals surface area contributed by atoms with Crippen LogP contribution in [0.5, 0.6) is 0 Å². The highest BCUT2D eigenvalue weighted by atomic mass is 35.5. The number of aryl methyl sites for hydroxylation is 1. The van der Waals surface area contributed by atoms with E-state index in [1.54, 1.807) is 24.3 Å². The van der Waals surface area contributed by atoms with E-state index in [1.807, 2.05) is 25.1 Å². The van der Waals surface area contributed by atoms with Gasteiger partial charge in [0.05, 0.1) is 11.4 Å². The van der Waals surface area contributed by atoms with Crippen LogP contribution in [0.1, 0.15) is 15.9 Å². The molecule has 7 heteroatoms. The van der Waals surface area contributed by atoms with Crippen LogP contribution in [-0.4, -0.2) is 17.6 Å². The molecule has 0 aliphatic heterocycles. The second kappa shape index (κ2) is 9.58. The van der Waals surface area contributed by atoms with Gasteiger partial charge in [0.1, 0.15) is 5.82 Å². The molecular formula is C22H18ClFN2O2S. The zero-order valence-corrected chi connectivity index (χ0v) is 17.1. The maximum atomic E-state index is 13.0. The molecule has 0 saturated heterocycles. The second-order valence-corrected chi connectivity index (χ2v) is 7.68. The van der Waals surface area contributed by atoms with Crippen LogP contribution in [0.2, 0.25) is 5.02 Å². The first-order chi connectivity index (χ1) is 13.9. The summed E-state index contributed by atoms with van der Waals surface area (Å²) < 4.78 is 13.0. The lowest BCUT2D eigenvalue weighted by Crippen LogP contribution is -2.15. The number of carbonyl (C=O) groups excluding carboxylic acids is 2. The Kier molecular flexibility index (Phi) is 6.90. The molecule has 0 atom stereocenters. The number of rotatable bonds is 6. The standard InChI is InChI=1S/C22H18ClFN2O2S/c1-14-6-11-17(12-18(14)23)25-21(27)13-29-20-5-3-2-4-19(20)26-22(28)15-7-9-16(24)10-8-15/h2-12H,13H2,1H3,(H,25,27)(H,26,28). The van der Waals surface area contributed by atoms with Crippen molar-refractivity contribution >= 4 is 46.6 Å². The third kappa shape index (κ3) is 5.82. The second-order valence-electron chi connectivity index (χ2n) is 6.26. The van der Waals surface area contributed by atoms with Crippen LogP contribution < -0.4 is 10.6 Å². The monoisotopic (exact) mass is 428 g/mol. The lowest BCUT2D eigenvalue weighted by Gasteiger charge is -2.11. The summed E-state index contributed by atoms with van der Waals surface area (Å²) in [6.45, 7) is 1.89. The van der Waals surface area contributed by atoms with E-state index in [9.17, 15) is 14.0 Å². The lowest BCUT2D eigenvalue weighted by atomic mass is 10.2. The van der Waals surface area contributed by atoms with Gasteiger partial charge in [0.2, 0.25) is 5.91 Å². The number of para-hydroxylation sites is 1. The van der Waals surface area contributed by atoms with Crippen LogP contribution >= 0.6 is 23.4 Å². The summed E-state index contributed by atoms with van der Waals surface area (Å²) >= 11 is 7.38. The number of amides is 2. The zero-order chi connectivity index (χ0) is 20.8. The molecule has 2 amide bonds. The molecule has 0 aromatic heterocycles. The van der Waals surface area contributed by atoms with Gasteiger partial charge in [-0.2, -0.15) is 0 Å². The average molecular weight is 429 g/mol. The van der Waals surface area contributed by atoms with Crippen LogP contribution in [0.4, 0.5) is 15.8 Å². The molecule has 0 radical (unpaired) electrons. The molecule has 0 spiro atoms. The number of thioether (sulfide) groups is 1. The number of carbonyl (C=O) groups is 2. The summed E-state index contributed by atoms with van der Waals surface area (Å²) in [5.74, 6) is -0.778. The fourth-order valence-electron chi connectivity index (χ4n) is 2.50. The van der Waals surface area contributed by atoms with Crippen molar-refractivity contribution in [2.75, 3.05) is 16.4 Å². The minimum atomic E-state index is -0.404. The molecule has 4 nitrogen and oxygen atoms in total. The molecule has 29 heavy (non-hydrogen) atoms. The number of hydrogen-bond donors (Lipinski definition) is 2. The third-order valence-electron chi connectivity index (χ3n) is 4.06. The van der Waals surface area contributed by atoms with Crippen LogP contribution in [0.15, 0.2) is 71.6 Å². The fourth-order valence-corrected chi connectivity index (χ4v) is 3.49. The van der Waals surface area contributed by atoms with E-state index >= 15 is 0 Å². The minimum Gasteiger partial charge on any atom is -0.325 e. The Bertz CT molecular complexity index is 1040. The van der Waals surface area contributed by atoms with Gasteiger partial charge in [-0.1, -0.05) is 29.8 Å². The molecule has 3 aromatic rings. The molecule has 3 aromatic carbocycles. The van der Waals surface area contributed by atoms with Gasteiger partial charge in [-0.3, -0.25) is 9.59 Å². The highest BCUT2D eigenvalue weighted by Crippen LogP contribution is 2.28. The summed E-state index contributed by atoms with van der Waals surface area (Å²) in [4.78, 5) is 25.4. The van der Waals surface area contributed by atoms with Crippen molar-refractivity contribution in [3.63, 3.8) is 0 Å². The lowest BCUT2D eigenvalue weighted by molar-refractivity contribution is -0.113. The van der Waals surface area contributed by atoms with E-state index in [4.69, 9.17) is 11.6 Å². The number of halogens is 2. The fraction of sp³-hybridized carbons (Fsp3) is 0.0909. The molecule has 0 aliphatic carbocycles. The summed E-state index contributed by atoms with van der Waals surface area (Å²) in [6, 6.07) is 17.8. The zero-order valence-electron chi connectivity index (χ0n) is 15.5. The van der Waals surface area contributed by atoms with E-state index in [1.165, 1.54) is 36.0 Å². The van der Waals surface area contributed by atoms with Crippen LogP contribution in [-0.2, 0) is 4.79 Å². The van der Waals surface area contributed by atoms with Crippen molar-refractivity contribution in [3.8, 4) is 0 Å². The quantitative estimate of drug-likeness (QED) is 0.490. The van der Waals surface area contributed by atoms with Gasteiger partial charge in [-0.15, -0.1) is 11.8 Å². The van der Waals surface area contributed by atoms with Crippen molar-refractivity contribution in [1.82, 2.24) is 0 Å². The topological polar surface area (TPSA) is 58.2 Å². The predicted molar refractivity (Wildman–Crippen MR) is 116 cm³/mol. The molecule has 0 aliphatic rings. The normalized spacial score (nSPS) is 10.4. The highest BCUT2D eigenvalue weighted by molar-refractivity contribution is 8.00. The maximum absolute atomic E-state index is 13.0. The molecule has 0 saturated carbocycles. The summed E-state index contributed by atoms with van der Waals surface area (Å²) in [5, 5.41) is 6.19. The van der Waals surface area contributed by atoms with E-state index in [-0.39, 0.29) is 17.6 Å². The highest BCUT2D eigenvalue weighted by Gasteiger charge is 2.11. The molecule has 3 rings (SSSR count). The van der Waals surface area contributed by atoms with Gasteiger partial charge in [-0.25, -0.2) is 4.39 Å². The Morgan fingerprint density at radius 3 is 2.45 bits per heavy atom. The van der Waals surface area contributed by atoms with E-state index in [0.29, 0.717) is 22.0 Å². The summed E-state index contributed by atoms with van der Waals surface area (Å²) in [5.41, 5.74) is 2.49. The SMILES string of the molecule is Cc1ccc(NC(=O)CSc2ccccc2NC(=O)c2ccc(F)cc2)cc1Cl. The van der Waals surface area contributed by atoms with Gasteiger partial charge >= 0.3 is 0 Å². The Morgan fingerprint density at radius 1 is 1.00 bits per heavy atom. The largest absolute Gasteiger partial charge is 0.325 e. The van der Waals surface area contributed by atoms with Gasteiger partial charge < -0.3 is 10.6 Å². The van der Waals surface area contributed by atoms with E-state index in [2.05, 4.69) is 10.6 Å². The van der Waals surface area contributed by atoms with Crippen molar-refractivity contribution in [1.29, 1.82) is 0 Å². The Balaban J connectivity index is 1.62. The molecule has 0 fully saturated rings. The number of hydrogen-bond acceptors (Lipinski definition) is 3. The molecule has 2 N–H and O–H groups in total. The summed E-state index contributed by atoms with van der Waals surface area (Å²) in [7, 11) is 0. The molecule has 0 heterocycles. The Labute approximate surface area is 177 Å². The average Bonchev–Trinajstić information content (AvgIpc) is 2.70. The number of anilines is 2. The minimum absolute atomic E-state index is 0.162. The first-order valence-corrected chi connectivity index (χ1v) is 10.1. The predicted octanol–water partition coefficient (Wildman–Crippen LogP) is 5.77. The first-order valence-electron chi connectivity index (χ1n) is 8.77. The number of benzene rings is 3. The Hall–Kier alpha value is -2.83. The maximum Gasteiger partial charge on any atom is 0.255 e. The van der Waals surface area contributed by atoms with E-state index in [0.717, 1.165) is 10.5 Å². The summed E-state index contributed by atoms with van der Waals surface area (Å²) in [6.07, 6.45) is 0. The van der Waals surface area contributed by atoms with Crippen LogP contribution in [0.3, 0.4) is 0 Å². The number of nitrogens with one attached hydrogen (secondary N) is 2. The molecule has 0 unspecified atom stereocenters. The van der Waals surface area contributed by atoms with Crippen LogP contribution in [0.25, 0.3) is 0 Å².